The second-order valence-corrected chi connectivity index (χ2v) is 4.93. The first-order valence-corrected chi connectivity index (χ1v) is 7.49. The van der Waals surface area contributed by atoms with Gasteiger partial charge in [0.1, 0.15) is 0 Å². The van der Waals surface area contributed by atoms with Crippen LogP contribution in [-0.4, -0.2) is 30.6 Å². The summed E-state index contributed by atoms with van der Waals surface area (Å²) in [5, 5.41) is 1.96. The zero-order valence-corrected chi connectivity index (χ0v) is 13.7. The van der Waals surface area contributed by atoms with Crippen LogP contribution >= 0.6 is 0 Å². The van der Waals surface area contributed by atoms with Gasteiger partial charge < -0.3 is 19.9 Å². The van der Waals surface area contributed by atoms with Gasteiger partial charge in [-0.15, -0.1) is 0 Å². The lowest BCUT2D eigenvalue weighted by atomic mass is 10.2. The smallest absolute Gasteiger partial charge is 0.420 e. The SMILES string of the molecule is COc1ccc(COCc2ccccc2)nc1OC(=O)NC(=O)CN. The van der Waals surface area contributed by atoms with E-state index in [9.17, 15) is 9.59 Å². The van der Waals surface area contributed by atoms with Gasteiger partial charge in [-0.1, -0.05) is 30.3 Å². The number of nitrogens with one attached hydrogen (secondary N) is 1. The number of pyridine rings is 1. The van der Waals surface area contributed by atoms with Crippen molar-refractivity contribution in [1.29, 1.82) is 0 Å². The highest BCUT2D eigenvalue weighted by Crippen LogP contribution is 2.25. The minimum Gasteiger partial charge on any atom is -0.491 e. The van der Waals surface area contributed by atoms with Crippen LogP contribution in [0.3, 0.4) is 0 Å². The van der Waals surface area contributed by atoms with Crippen molar-refractivity contribution in [1.82, 2.24) is 10.3 Å². The van der Waals surface area contributed by atoms with Gasteiger partial charge >= 0.3 is 6.09 Å². The van der Waals surface area contributed by atoms with Crippen molar-refractivity contribution in [3.05, 3.63) is 53.7 Å². The van der Waals surface area contributed by atoms with Crippen molar-refractivity contribution >= 4 is 12.0 Å². The number of rotatable bonds is 7. The van der Waals surface area contributed by atoms with E-state index in [0.29, 0.717) is 12.3 Å². The molecule has 0 saturated heterocycles. The number of carbonyl (C=O) groups is 2. The maximum Gasteiger partial charge on any atom is 0.420 e. The number of imide groups is 1. The Kier molecular flexibility index (Phi) is 6.87. The normalized spacial score (nSPS) is 10.2. The summed E-state index contributed by atoms with van der Waals surface area (Å²) in [6.07, 6.45) is -0.983. The topological polar surface area (TPSA) is 113 Å². The van der Waals surface area contributed by atoms with Gasteiger partial charge in [-0.05, 0) is 17.7 Å². The molecule has 0 saturated carbocycles. The number of amides is 2. The van der Waals surface area contributed by atoms with E-state index in [0.717, 1.165) is 5.56 Å². The summed E-state index contributed by atoms with van der Waals surface area (Å²) >= 11 is 0. The second-order valence-electron chi connectivity index (χ2n) is 4.93. The van der Waals surface area contributed by atoms with E-state index < -0.39 is 12.0 Å². The second kappa shape index (κ2) is 9.36. The molecule has 2 aromatic rings. The first-order valence-electron chi connectivity index (χ1n) is 7.49. The van der Waals surface area contributed by atoms with E-state index in [1.54, 1.807) is 12.1 Å². The number of hydrogen-bond donors (Lipinski definition) is 2. The fourth-order valence-electron chi connectivity index (χ4n) is 1.90. The predicted molar refractivity (Wildman–Crippen MR) is 88.9 cm³/mol. The molecular formula is C17H19N3O5. The van der Waals surface area contributed by atoms with Crippen LogP contribution < -0.4 is 20.5 Å². The Hall–Kier alpha value is -2.97. The van der Waals surface area contributed by atoms with Crippen LogP contribution in [0, 0.1) is 0 Å². The number of methoxy groups -OCH3 is 1. The van der Waals surface area contributed by atoms with E-state index in [2.05, 4.69) is 4.98 Å². The summed E-state index contributed by atoms with van der Waals surface area (Å²) in [6, 6.07) is 13.0. The quantitative estimate of drug-likeness (QED) is 0.779. The van der Waals surface area contributed by atoms with E-state index >= 15 is 0 Å². The van der Waals surface area contributed by atoms with Crippen LogP contribution in [0.2, 0.25) is 0 Å². The van der Waals surface area contributed by atoms with E-state index in [1.165, 1.54) is 7.11 Å². The average Bonchev–Trinajstić information content (AvgIpc) is 2.62. The number of aromatic nitrogens is 1. The molecule has 8 nitrogen and oxygen atoms in total. The molecular weight excluding hydrogens is 326 g/mol. The molecule has 0 unspecified atom stereocenters. The van der Waals surface area contributed by atoms with Gasteiger partial charge in [-0.25, -0.2) is 9.78 Å². The highest BCUT2D eigenvalue weighted by molar-refractivity contribution is 5.93. The number of nitrogens with two attached hydrogens (primary N) is 1. The fraction of sp³-hybridized carbons (Fsp3) is 0.235. The summed E-state index contributed by atoms with van der Waals surface area (Å²) in [7, 11) is 1.42. The summed E-state index contributed by atoms with van der Waals surface area (Å²) in [5.41, 5.74) is 6.70. The number of nitrogens with zero attached hydrogens (tertiary/aromatic N) is 1. The van der Waals surface area contributed by atoms with Crippen LogP contribution in [0.1, 0.15) is 11.3 Å². The van der Waals surface area contributed by atoms with Crippen LogP contribution in [-0.2, 0) is 22.7 Å². The van der Waals surface area contributed by atoms with E-state index in [4.69, 9.17) is 19.9 Å². The predicted octanol–water partition coefficient (Wildman–Crippen LogP) is 1.38. The van der Waals surface area contributed by atoms with Gasteiger partial charge in [0.25, 0.3) is 5.88 Å². The molecule has 0 spiro atoms. The third kappa shape index (κ3) is 5.87. The zero-order valence-electron chi connectivity index (χ0n) is 13.7. The minimum atomic E-state index is -0.983. The monoisotopic (exact) mass is 345 g/mol. The highest BCUT2D eigenvalue weighted by atomic mass is 16.6. The van der Waals surface area contributed by atoms with Gasteiger partial charge in [-0.3, -0.25) is 10.1 Å². The van der Waals surface area contributed by atoms with E-state index in [1.807, 2.05) is 35.6 Å². The van der Waals surface area contributed by atoms with Gasteiger partial charge in [0, 0.05) is 0 Å². The Morgan fingerprint density at radius 2 is 1.88 bits per heavy atom. The minimum absolute atomic E-state index is 0.0642. The number of carbonyl (C=O) groups excluding carboxylic acids is 2. The molecule has 0 atom stereocenters. The average molecular weight is 345 g/mol. The standard InChI is InChI=1S/C17H19N3O5/c1-23-14-8-7-13(11-24-10-12-5-3-2-4-6-12)19-16(14)25-17(22)20-15(21)9-18/h2-8H,9-11,18H2,1H3,(H,20,21,22). The van der Waals surface area contributed by atoms with Crippen molar-refractivity contribution in [3.63, 3.8) is 0 Å². The first-order chi connectivity index (χ1) is 12.1. The molecule has 0 radical (unpaired) electrons. The molecule has 0 bridgehead atoms. The third-order valence-corrected chi connectivity index (χ3v) is 3.08. The molecule has 8 heteroatoms. The van der Waals surface area contributed by atoms with Crippen molar-refractivity contribution < 1.29 is 23.8 Å². The summed E-state index contributed by atoms with van der Waals surface area (Å²) in [6.45, 7) is 0.321. The molecule has 2 rings (SSSR count). The molecule has 0 fully saturated rings. The van der Waals surface area contributed by atoms with Gasteiger partial charge in [-0.2, -0.15) is 0 Å². The molecule has 1 heterocycles. The Labute approximate surface area is 144 Å². The molecule has 0 aliphatic rings. The zero-order chi connectivity index (χ0) is 18.1. The summed E-state index contributed by atoms with van der Waals surface area (Å²) < 4.78 is 15.7. The lowest BCUT2D eigenvalue weighted by Crippen LogP contribution is -2.37. The van der Waals surface area contributed by atoms with Crippen molar-refractivity contribution in [2.45, 2.75) is 13.2 Å². The molecule has 25 heavy (non-hydrogen) atoms. The largest absolute Gasteiger partial charge is 0.491 e. The Balaban J connectivity index is 1.98. The Morgan fingerprint density at radius 1 is 1.12 bits per heavy atom. The fourth-order valence-corrected chi connectivity index (χ4v) is 1.90. The number of hydrogen-bond acceptors (Lipinski definition) is 7. The lowest BCUT2D eigenvalue weighted by molar-refractivity contribution is -0.118. The van der Waals surface area contributed by atoms with E-state index in [-0.39, 0.29) is 24.8 Å². The molecule has 0 aliphatic heterocycles. The third-order valence-electron chi connectivity index (χ3n) is 3.08. The molecule has 0 aliphatic carbocycles. The van der Waals surface area contributed by atoms with Crippen LogP contribution in [0.5, 0.6) is 11.6 Å². The molecule has 1 aromatic heterocycles. The summed E-state index contributed by atoms with van der Waals surface area (Å²) in [5.74, 6) is -0.473. The van der Waals surface area contributed by atoms with Crippen LogP contribution in [0.25, 0.3) is 0 Å². The van der Waals surface area contributed by atoms with Gasteiger partial charge in [0.05, 0.1) is 32.6 Å². The molecule has 3 N–H and O–H groups in total. The number of benzene rings is 1. The molecule has 132 valence electrons. The highest BCUT2D eigenvalue weighted by Gasteiger charge is 2.14. The lowest BCUT2D eigenvalue weighted by Gasteiger charge is -2.10. The molecule has 2 amide bonds. The Morgan fingerprint density at radius 3 is 2.56 bits per heavy atom. The Bertz CT molecular complexity index is 721. The maximum absolute atomic E-state index is 11.6. The first kappa shape index (κ1) is 18.4. The van der Waals surface area contributed by atoms with Gasteiger partial charge in [0.15, 0.2) is 5.75 Å². The van der Waals surface area contributed by atoms with Crippen molar-refractivity contribution in [2.24, 2.45) is 5.73 Å². The van der Waals surface area contributed by atoms with Crippen LogP contribution in [0.4, 0.5) is 4.79 Å². The van der Waals surface area contributed by atoms with Gasteiger partial charge in [0.2, 0.25) is 5.91 Å². The van der Waals surface area contributed by atoms with Crippen molar-refractivity contribution in [2.75, 3.05) is 13.7 Å². The summed E-state index contributed by atoms with van der Waals surface area (Å²) in [4.78, 5) is 26.9. The molecule has 1 aromatic carbocycles. The van der Waals surface area contributed by atoms with Crippen molar-refractivity contribution in [3.8, 4) is 11.6 Å². The maximum atomic E-state index is 11.6. The number of ether oxygens (including phenoxy) is 3. The van der Waals surface area contributed by atoms with Crippen LogP contribution in [0.15, 0.2) is 42.5 Å².